The third-order valence-electron chi connectivity index (χ3n) is 2.15. The lowest BCUT2D eigenvalue weighted by atomic mass is 10.3. The summed E-state index contributed by atoms with van der Waals surface area (Å²) in [6, 6.07) is 0. The molecule has 0 fully saturated rings. The minimum Gasteiger partial charge on any atom is -0.499 e. The average Bonchev–Trinajstić information content (AvgIpc) is 2.44. The summed E-state index contributed by atoms with van der Waals surface area (Å²) in [5.41, 5.74) is 0. The van der Waals surface area contributed by atoms with Crippen molar-refractivity contribution in [2.75, 3.05) is 52.9 Å². The van der Waals surface area contributed by atoms with Crippen molar-refractivity contribution in [1.82, 2.24) is 0 Å². The topological polar surface area (TPSA) is 63.2 Å². The Balaban J connectivity index is 3.02. The van der Waals surface area contributed by atoms with E-state index in [0.717, 1.165) is 6.42 Å². The lowest BCUT2D eigenvalue weighted by Gasteiger charge is -2.07. The van der Waals surface area contributed by atoms with E-state index in [0.29, 0.717) is 59.3 Å². The Labute approximate surface area is 121 Å². The van der Waals surface area contributed by atoms with E-state index in [-0.39, 0.29) is 5.97 Å². The maximum Gasteiger partial charge on any atom is 0.305 e. The van der Waals surface area contributed by atoms with Crippen LogP contribution in [0.2, 0.25) is 0 Å². The summed E-state index contributed by atoms with van der Waals surface area (Å²) < 4.78 is 25.6. The first-order valence-corrected chi connectivity index (χ1v) is 6.92. The molecular formula is C14H26O6. The third kappa shape index (κ3) is 14.9. The van der Waals surface area contributed by atoms with Crippen LogP contribution in [0.25, 0.3) is 0 Å². The molecule has 0 saturated carbocycles. The second kappa shape index (κ2) is 15.9. The van der Waals surface area contributed by atoms with Crippen molar-refractivity contribution in [2.24, 2.45) is 0 Å². The van der Waals surface area contributed by atoms with Gasteiger partial charge in [0.1, 0.15) is 13.2 Å². The molecule has 0 amide bonds. The zero-order chi connectivity index (χ0) is 14.9. The fraction of sp³-hybridized carbons (Fsp3) is 0.786. The molecule has 20 heavy (non-hydrogen) atoms. The molecular weight excluding hydrogens is 264 g/mol. The minimum absolute atomic E-state index is 0.176. The highest BCUT2D eigenvalue weighted by atomic mass is 16.6. The summed E-state index contributed by atoms with van der Waals surface area (Å²) in [5.74, 6) is -0.176. The molecule has 0 aliphatic heterocycles. The van der Waals surface area contributed by atoms with Crippen molar-refractivity contribution in [2.45, 2.75) is 19.8 Å². The van der Waals surface area contributed by atoms with Gasteiger partial charge in [0.15, 0.2) is 0 Å². The first-order valence-electron chi connectivity index (χ1n) is 6.92. The van der Waals surface area contributed by atoms with E-state index >= 15 is 0 Å². The number of carbonyl (C=O) groups excluding carboxylic acids is 1. The largest absolute Gasteiger partial charge is 0.499 e. The first kappa shape index (κ1) is 18.9. The lowest BCUT2D eigenvalue weighted by Crippen LogP contribution is -2.14. The van der Waals surface area contributed by atoms with Gasteiger partial charge in [-0.3, -0.25) is 4.79 Å². The van der Waals surface area contributed by atoms with Crippen LogP contribution in [0.4, 0.5) is 0 Å². The Morgan fingerprint density at radius 2 is 1.40 bits per heavy atom. The molecule has 0 rings (SSSR count). The van der Waals surface area contributed by atoms with Crippen molar-refractivity contribution < 1.29 is 28.5 Å². The molecule has 6 heteroatoms. The van der Waals surface area contributed by atoms with E-state index in [1.165, 1.54) is 6.26 Å². The van der Waals surface area contributed by atoms with Crippen LogP contribution in [0.3, 0.4) is 0 Å². The van der Waals surface area contributed by atoms with Crippen molar-refractivity contribution in [3.8, 4) is 0 Å². The van der Waals surface area contributed by atoms with E-state index in [9.17, 15) is 4.79 Å². The summed E-state index contributed by atoms with van der Waals surface area (Å²) in [7, 11) is 0. The maximum absolute atomic E-state index is 11.0. The second-order valence-electron chi connectivity index (χ2n) is 3.85. The van der Waals surface area contributed by atoms with Crippen molar-refractivity contribution in [3.05, 3.63) is 12.8 Å². The summed E-state index contributed by atoms with van der Waals surface area (Å²) in [4.78, 5) is 11.0. The summed E-state index contributed by atoms with van der Waals surface area (Å²) in [6.45, 7) is 9.09. The normalized spacial score (nSPS) is 10.2. The molecule has 6 nitrogen and oxygen atoms in total. The van der Waals surface area contributed by atoms with Crippen LogP contribution in [0.5, 0.6) is 0 Å². The molecule has 0 aromatic heterocycles. The predicted octanol–water partition coefficient (Wildman–Crippen LogP) is 1.54. The molecule has 0 aromatic carbocycles. The predicted molar refractivity (Wildman–Crippen MR) is 74.5 cm³/mol. The number of hydrogen-bond donors (Lipinski definition) is 0. The smallest absolute Gasteiger partial charge is 0.305 e. The Kier molecular flexibility index (Phi) is 15.1. The SMILES string of the molecule is C=COCCOCCOCCOCCOC(=O)CCC. The number of esters is 1. The van der Waals surface area contributed by atoms with Crippen LogP contribution >= 0.6 is 0 Å². The minimum atomic E-state index is -0.176. The molecule has 0 aliphatic rings. The monoisotopic (exact) mass is 290 g/mol. The standard InChI is InChI=1S/C14H26O6/c1-3-5-14(15)20-13-12-19-11-10-18-9-8-17-7-6-16-4-2/h4H,2-3,5-13H2,1H3. The second-order valence-corrected chi connectivity index (χ2v) is 3.85. The first-order chi connectivity index (χ1) is 9.81. The van der Waals surface area contributed by atoms with Crippen LogP contribution in [-0.4, -0.2) is 58.8 Å². The number of hydrogen-bond acceptors (Lipinski definition) is 6. The Morgan fingerprint density at radius 1 is 0.900 bits per heavy atom. The van der Waals surface area contributed by atoms with Gasteiger partial charge in [-0.2, -0.15) is 0 Å². The van der Waals surface area contributed by atoms with Gasteiger partial charge in [0, 0.05) is 6.42 Å². The average molecular weight is 290 g/mol. The summed E-state index contributed by atoms with van der Waals surface area (Å²) >= 11 is 0. The molecule has 0 atom stereocenters. The molecule has 0 aromatic rings. The Bertz CT molecular complexity index is 232. The van der Waals surface area contributed by atoms with Crippen LogP contribution in [0, 0.1) is 0 Å². The number of carbonyl (C=O) groups is 1. The highest BCUT2D eigenvalue weighted by Crippen LogP contribution is 1.91. The highest BCUT2D eigenvalue weighted by Gasteiger charge is 1.99. The zero-order valence-electron chi connectivity index (χ0n) is 12.3. The fourth-order valence-corrected chi connectivity index (χ4v) is 1.22. The molecule has 118 valence electrons. The van der Waals surface area contributed by atoms with E-state index < -0.39 is 0 Å². The van der Waals surface area contributed by atoms with Gasteiger partial charge in [0.2, 0.25) is 0 Å². The van der Waals surface area contributed by atoms with Gasteiger partial charge in [-0.05, 0) is 6.42 Å². The van der Waals surface area contributed by atoms with Gasteiger partial charge in [0.25, 0.3) is 0 Å². The molecule has 0 N–H and O–H groups in total. The molecule has 0 radical (unpaired) electrons. The number of rotatable bonds is 15. The van der Waals surface area contributed by atoms with Crippen molar-refractivity contribution in [1.29, 1.82) is 0 Å². The molecule has 0 heterocycles. The summed E-state index contributed by atoms with van der Waals surface area (Å²) in [6.07, 6.45) is 2.65. The van der Waals surface area contributed by atoms with E-state index in [4.69, 9.17) is 23.7 Å². The van der Waals surface area contributed by atoms with Crippen molar-refractivity contribution in [3.63, 3.8) is 0 Å². The number of ether oxygens (including phenoxy) is 5. The highest BCUT2D eigenvalue weighted by molar-refractivity contribution is 5.69. The lowest BCUT2D eigenvalue weighted by molar-refractivity contribution is -0.145. The van der Waals surface area contributed by atoms with Gasteiger partial charge in [-0.25, -0.2) is 0 Å². The molecule has 0 bridgehead atoms. The molecule has 0 unspecified atom stereocenters. The molecule has 0 spiro atoms. The van der Waals surface area contributed by atoms with Gasteiger partial charge < -0.3 is 23.7 Å². The van der Waals surface area contributed by atoms with Gasteiger partial charge in [-0.1, -0.05) is 13.5 Å². The maximum atomic E-state index is 11.0. The third-order valence-corrected chi connectivity index (χ3v) is 2.15. The van der Waals surface area contributed by atoms with Gasteiger partial charge in [-0.15, -0.1) is 0 Å². The quantitative estimate of drug-likeness (QED) is 0.259. The van der Waals surface area contributed by atoms with Crippen LogP contribution in [-0.2, 0) is 28.5 Å². The van der Waals surface area contributed by atoms with Crippen molar-refractivity contribution >= 4 is 5.97 Å². The van der Waals surface area contributed by atoms with Gasteiger partial charge in [0.05, 0.1) is 45.9 Å². The van der Waals surface area contributed by atoms with Gasteiger partial charge >= 0.3 is 5.97 Å². The van der Waals surface area contributed by atoms with Crippen LogP contribution in [0.15, 0.2) is 12.8 Å². The summed E-state index contributed by atoms with van der Waals surface area (Å²) in [5, 5.41) is 0. The van der Waals surface area contributed by atoms with Crippen LogP contribution in [0.1, 0.15) is 19.8 Å². The Morgan fingerprint density at radius 3 is 1.90 bits per heavy atom. The zero-order valence-corrected chi connectivity index (χ0v) is 12.3. The fourth-order valence-electron chi connectivity index (χ4n) is 1.22. The van der Waals surface area contributed by atoms with E-state index in [2.05, 4.69) is 6.58 Å². The van der Waals surface area contributed by atoms with E-state index in [1.807, 2.05) is 6.92 Å². The molecule has 0 aliphatic carbocycles. The Hall–Kier alpha value is -1.11. The van der Waals surface area contributed by atoms with E-state index in [1.54, 1.807) is 0 Å². The van der Waals surface area contributed by atoms with Crippen LogP contribution < -0.4 is 0 Å². The molecule has 0 saturated heterocycles.